The standard InChI is InChI=1S/C14H11NO/c1-11-7-8-14(16)13(9-11)15-10-12-5-3-2-4-6-12/h2-10H,1H2/p+1. The van der Waals surface area contributed by atoms with Crippen molar-refractivity contribution in [3.8, 4) is 0 Å². The molecule has 16 heavy (non-hydrogen) atoms. The van der Waals surface area contributed by atoms with E-state index in [0.717, 1.165) is 11.1 Å². The molecule has 2 nitrogen and oxygen atoms in total. The van der Waals surface area contributed by atoms with Crippen LogP contribution in [0.5, 0.6) is 0 Å². The van der Waals surface area contributed by atoms with Crippen LogP contribution in [0.2, 0.25) is 0 Å². The van der Waals surface area contributed by atoms with Crippen molar-refractivity contribution in [2.45, 2.75) is 0 Å². The molecule has 2 heteroatoms. The van der Waals surface area contributed by atoms with Gasteiger partial charge in [-0.1, -0.05) is 30.9 Å². The Labute approximate surface area is 94.3 Å². The zero-order chi connectivity index (χ0) is 11.4. The molecule has 1 aromatic rings. The average molecular weight is 210 g/mol. The Bertz CT molecular complexity index is 507. The van der Waals surface area contributed by atoms with Gasteiger partial charge in [0.15, 0.2) is 6.21 Å². The number of nitrogens with one attached hydrogen (secondary N) is 1. The summed E-state index contributed by atoms with van der Waals surface area (Å²) < 4.78 is 0. The molecule has 0 fully saturated rings. The molecule has 0 radical (unpaired) electrons. The Morgan fingerprint density at radius 2 is 1.88 bits per heavy atom. The van der Waals surface area contributed by atoms with E-state index in [2.05, 4.69) is 11.6 Å². The fourth-order valence-electron chi connectivity index (χ4n) is 1.40. The van der Waals surface area contributed by atoms with Crippen LogP contribution in [0.15, 0.2) is 66.4 Å². The summed E-state index contributed by atoms with van der Waals surface area (Å²) in [5.74, 6) is -0.0282. The predicted octanol–water partition coefficient (Wildman–Crippen LogP) is 0.765. The lowest BCUT2D eigenvalue weighted by Crippen LogP contribution is -2.69. The molecule has 0 aliphatic heterocycles. The highest BCUT2D eigenvalue weighted by molar-refractivity contribution is 6.04. The molecular weight excluding hydrogens is 198 g/mol. The van der Waals surface area contributed by atoms with Crippen LogP contribution < -0.4 is 4.99 Å². The highest BCUT2D eigenvalue weighted by Crippen LogP contribution is 2.05. The van der Waals surface area contributed by atoms with Crippen LogP contribution in [0.25, 0.3) is 0 Å². The van der Waals surface area contributed by atoms with E-state index < -0.39 is 0 Å². The number of allylic oxidation sites excluding steroid dienone is 4. The Hall–Kier alpha value is -2.22. The van der Waals surface area contributed by atoms with E-state index in [9.17, 15) is 4.79 Å². The van der Waals surface area contributed by atoms with Gasteiger partial charge >= 0.3 is 0 Å². The van der Waals surface area contributed by atoms with Gasteiger partial charge in [-0.3, -0.25) is 4.79 Å². The van der Waals surface area contributed by atoms with Gasteiger partial charge in [-0.2, -0.15) is 0 Å². The van der Waals surface area contributed by atoms with Crippen LogP contribution >= 0.6 is 0 Å². The Morgan fingerprint density at radius 3 is 2.62 bits per heavy atom. The van der Waals surface area contributed by atoms with E-state index >= 15 is 0 Å². The Balaban J connectivity index is 2.19. The summed E-state index contributed by atoms with van der Waals surface area (Å²) >= 11 is 0. The van der Waals surface area contributed by atoms with Crippen LogP contribution in [0.3, 0.4) is 0 Å². The van der Waals surface area contributed by atoms with E-state index in [4.69, 9.17) is 0 Å². The van der Waals surface area contributed by atoms with Crippen molar-refractivity contribution in [3.63, 3.8) is 0 Å². The molecule has 0 heterocycles. The van der Waals surface area contributed by atoms with Crippen molar-refractivity contribution in [1.29, 1.82) is 0 Å². The van der Waals surface area contributed by atoms with Crippen molar-refractivity contribution in [2.24, 2.45) is 0 Å². The minimum Gasteiger partial charge on any atom is -0.282 e. The first-order chi connectivity index (χ1) is 7.75. The monoisotopic (exact) mass is 210 g/mol. The second kappa shape index (κ2) is 4.53. The average Bonchev–Trinajstić information content (AvgIpc) is 2.32. The van der Waals surface area contributed by atoms with Gasteiger partial charge in [0.25, 0.3) is 5.70 Å². The lowest BCUT2D eigenvalue weighted by molar-refractivity contribution is -0.384. The van der Waals surface area contributed by atoms with Crippen molar-refractivity contribution >= 4 is 12.0 Å². The number of ketones is 1. The summed E-state index contributed by atoms with van der Waals surface area (Å²) in [6.07, 6.45) is 6.76. The molecule has 78 valence electrons. The first-order valence-electron chi connectivity index (χ1n) is 5.03. The predicted molar refractivity (Wildman–Crippen MR) is 63.9 cm³/mol. The molecule has 0 saturated carbocycles. The maximum Gasteiger partial charge on any atom is 0.251 e. The van der Waals surface area contributed by atoms with Crippen molar-refractivity contribution in [1.82, 2.24) is 0 Å². The van der Waals surface area contributed by atoms with Crippen LogP contribution in [0, 0.1) is 0 Å². The zero-order valence-corrected chi connectivity index (χ0v) is 8.81. The summed E-state index contributed by atoms with van der Waals surface area (Å²) in [4.78, 5) is 14.5. The lowest BCUT2D eigenvalue weighted by Gasteiger charge is -1.97. The van der Waals surface area contributed by atoms with Crippen LogP contribution in [0.4, 0.5) is 0 Å². The number of carbonyl (C=O) groups excluding carboxylic acids is 1. The number of carbonyl (C=O) groups is 1. The first-order valence-corrected chi connectivity index (χ1v) is 5.03. The number of benzene rings is 1. The van der Waals surface area contributed by atoms with Gasteiger partial charge in [0.1, 0.15) is 0 Å². The van der Waals surface area contributed by atoms with Crippen LogP contribution in [-0.2, 0) is 4.79 Å². The zero-order valence-electron chi connectivity index (χ0n) is 8.81. The minimum absolute atomic E-state index is 0.0282. The van der Waals surface area contributed by atoms with E-state index in [1.807, 2.05) is 30.3 Å². The van der Waals surface area contributed by atoms with Crippen molar-refractivity contribution < 1.29 is 9.79 Å². The molecule has 1 aliphatic carbocycles. The SMILES string of the molecule is C=C1C=CC(=O)C([NH+]=Cc2ccccc2)=C1. The topological polar surface area (TPSA) is 31.0 Å². The van der Waals surface area contributed by atoms with E-state index in [1.54, 1.807) is 18.4 Å². The van der Waals surface area contributed by atoms with E-state index in [-0.39, 0.29) is 5.78 Å². The van der Waals surface area contributed by atoms with E-state index in [0.29, 0.717) is 5.70 Å². The first kappa shape index (κ1) is 10.3. The van der Waals surface area contributed by atoms with Crippen LogP contribution in [0.1, 0.15) is 5.56 Å². The second-order valence-electron chi connectivity index (χ2n) is 3.53. The summed E-state index contributed by atoms with van der Waals surface area (Å²) in [5, 5.41) is 0. The number of rotatable bonds is 2. The molecule has 1 N–H and O–H groups in total. The summed E-state index contributed by atoms with van der Waals surface area (Å²) in [6.45, 7) is 3.78. The van der Waals surface area contributed by atoms with Gasteiger partial charge in [-0.05, 0) is 23.8 Å². The van der Waals surface area contributed by atoms with Crippen LogP contribution in [-0.4, -0.2) is 12.0 Å². The highest BCUT2D eigenvalue weighted by atomic mass is 16.1. The largest absolute Gasteiger partial charge is 0.282 e. The number of hydrogen-bond acceptors (Lipinski definition) is 1. The maximum absolute atomic E-state index is 11.5. The van der Waals surface area contributed by atoms with Crippen molar-refractivity contribution in [3.05, 3.63) is 72.0 Å². The van der Waals surface area contributed by atoms with Gasteiger partial charge in [-0.25, -0.2) is 4.99 Å². The Kier molecular flexibility index (Phi) is 2.92. The van der Waals surface area contributed by atoms with Gasteiger partial charge in [-0.15, -0.1) is 0 Å². The van der Waals surface area contributed by atoms with Gasteiger partial charge in [0, 0.05) is 11.6 Å². The van der Waals surface area contributed by atoms with Gasteiger partial charge < -0.3 is 0 Å². The van der Waals surface area contributed by atoms with Gasteiger partial charge in [0.2, 0.25) is 5.78 Å². The molecule has 2 rings (SSSR count). The number of hydrogen-bond donors (Lipinski definition) is 1. The molecule has 1 aromatic carbocycles. The normalized spacial score (nSPS) is 15.6. The fraction of sp³-hybridized carbons (Fsp3) is 0. The maximum atomic E-state index is 11.5. The van der Waals surface area contributed by atoms with Crippen molar-refractivity contribution in [2.75, 3.05) is 0 Å². The molecule has 0 amide bonds. The summed E-state index contributed by atoms with van der Waals surface area (Å²) in [6, 6.07) is 9.77. The smallest absolute Gasteiger partial charge is 0.251 e. The summed E-state index contributed by atoms with van der Waals surface area (Å²) in [5.41, 5.74) is 2.40. The second-order valence-corrected chi connectivity index (χ2v) is 3.53. The highest BCUT2D eigenvalue weighted by Gasteiger charge is 2.14. The third-order valence-electron chi connectivity index (χ3n) is 2.24. The van der Waals surface area contributed by atoms with Gasteiger partial charge in [0.05, 0.1) is 0 Å². The fourth-order valence-corrected chi connectivity index (χ4v) is 1.40. The molecule has 0 bridgehead atoms. The minimum atomic E-state index is -0.0282. The molecule has 0 atom stereocenters. The molecule has 0 unspecified atom stereocenters. The lowest BCUT2D eigenvalue weighted by atomic mass is 10.1. The summed E-state index contributed by atoms with van der Waals surface area (Å²) in [7, 11) is 0. The quantitative estimate of drug-likeness (QED) is 0.718. The third kappa shape index (κ3) is 2.42. The van der Waals surface area contributed by atoms with E-state index in [1.165, 1.54) is 6.08 Å². The molecule has 1 aliphatic rings. The third-order valence-corrected chi connectivity index (χ3v) is 2.24. The Morgan fingerprint density at radius 1 is 1.12 bits per heavy atom. The molecule has 0 aromatic heterocycles. The molecular formula is C14H12NO+. The molecule has 0 saturated heterocycles. The molecule has 0 spiro atoms.